The van der Waals surface area contributed by atoms with Crippen molar-refractivity contribution in [2.24, 2.45) is 0 Å². The number of aliphatic hydroxyl groups is 1. The first kappa shape index (κ1) is 17.7. The van der Waals surface area contributed by atoms with Crippen molar-refractivity contribution in [1.82, 2.24) is 0 Å². The smallest absolute Gasteiger partial charge is 0.372 e. The highest BCUT2D eigenvalue weighted by atomic mass is 19.4. The molecule has 7 heteroatoms. The van der Waals surface area contributed by atoms with E-state index in [9.17, 15) is 27.1 Å². The molecule has 1 aliphatic rings. The Labute approximate surface area is 141 Å². The van der Waals surface area contributed by atoms with Crippen molar-refractivity contribution in [2.75, 3.05) is 11.4 Å². The van der Waals surface area contributed by atoms with Gasteiger partial charge in [-0.15, -0.1) is 0 Å². The van der Waals surface area contributed by atoms with E-state index in [0.717, 1.165) is 17.7 Å². The predicted molar refractivity (Wildman–Crippen MR) is 83.6 cm³/mol. The van der Waals surface area contributed by atoms with Gasteiger partial charge in [0, 0.05) is 18.8 Å². The molecule has 1 heterocycles. The van der Waals surface area contributed by atoms with Crippen LogP contribution in [0.2, 0.25) is 0 Å². The molecule has 2 aromatic carbocycles. The molecule has 0 saturated carbocycles. The van der Waals surface area contributed by atoms with Gasteiger partial charge in [0.15, 0.2) is 0 Å². The highest BCUT2D eigenvalue weighted by Crippen LogP contribution is 2.45. The van der Waals surface area contributed by atoms with Gasteiger partial charge in [-0.25, -0.2) is 8.78 Å². The van der Waals surface area contributed by atoms with E-state index in [1.165, 1.54) is 6.07 Å². The molecule has 2 nitrogen and oxygen atoms in total. The molecule has 1 atom stereocenters. The quantitative estimate of drug-likeness (QED) is 0.827. The Hall–Kier alpha value is -2.15. The Morgan fingerprint density at radius 3 is 2.32 bits per heavy atom. The minimum absolute atomic E-state index is 0.438. The minimum atomic E-state index is -5.46. The second-order valence-electron chi connectivity index (χ2n) is 6.07. The zero-order valence-electron chi connectivity index (χ0n) is 13.1. The zero-order chi connectivity index (χ0) is 18.2. The Bertz CT molecular complexity index is 747. The van der Waals surface area contributed by atoms with Crippen molar-refractivity contribution < 1.29 is 27.1 Å². The summed E-state index contributed by atoms with van der Waals surface area (Å²) >= 11 is 0. The lowest BCUT2D eigenvalue weighted by molar-refractivity contribution is -0.305. The van der Waals surface area contributed by atoms with Gasteiger partial charge in [0.2, 0.25) is 5.60 Å². The van der Waals surface area contributed by atoms with E-state index in [1.54, 1.807) is 0 Å². The fraction of sp³-hybridized carbons (Fsp3) is 0.333. The number of halogens is 5. The molecule has 0 radical (unpaired) electrons. The summed E-state index contributed by atoms with van der Waals surface area (Å²) in [5, 5.41) is 9.64. The standard InChI is InChI=1S/C18H16F5NO/c19-16(20)17(25,18(21,22)23)14-6-7-15-13(10-14)8-9-24(15)11-12-4-2-1-3-5-12/h1-7,10,16,25H,8-9,11H2. The molecule has 0 fully saturated rings. The molecule has 134 valence electrons. The summed E-state index contributed by atoms with van der Waals surface area (Å²) in [6.07, 6.45) is -8.99. The Kier molecular flexibility index (Phi) is 4.45. The van der Waals surface area contributed by atoms with Gasteiger partial charge in [0.05, 0.1) is 0 Å². The Morgan fingerprint density at radius 2 is 1.72 bits per heavy atom. The minimum Gasteiger partial charge on any atom is -0.372 e. The van der Waals surface area contributed by atoms with Crippen LogP contribution >= 0.6 is 0 Å². The second-order valence-corrected chi connectivity index (χ2v) is 6.07. The molecule has 0 saturated heterocycles. The van der Waals surface area contributed by atoms with Crippen LogP contribution in [0.25, 0.3) is 0 Å². The molecule has 0 spiro atoms. The van der Waals surface area contributed by atoms with Crippen molar-refractivity contribution >= 4 is 5.69 Å². The zero-order valence-corrected chi connectivity index (χ0v) is 13.1. The van der Waals surface area contributed by atoms with Gasteiger partial charge < -0.3 is 10.0 Å². The highest BCUT2D eigenvalue weighted by Gasteiger charge is 2.61. The van der Waals surface area contributed by atoms with Crippen molar-refractivity contribution in [3.8, 4) is 0 Å². The van der Waals surface area contributed by atoms with Crippen LogP contribution in [0.4, 0.5) is 27.6 Å². The number of alkyl halides is 5. The summed E-state index contributed by atoms with van der Waals surface area (Å²) in [6, 6.07) is 12.9. The summed E-state index contributed by atoms with van der Waals surface area (Å²) in [5.41, 5.74) is -2.72. The van der Waals surface area contributed by atoms with Gasteiger partial charge in [0.25, 0.3) is 6.43 Å². The van der Waals surface area contributed by atoms with Crippen LogP contribution in [-0.2, 0) is 18.6 Å². The number of fused-ring (bicyclic) bond motifs is 1. The normalized spacial score (nSPS) is 16.8. The third-order valence-corrected chi connectivity index (χ3v) is 4.48. The first-order valence-corrected chi connectivity index (χ1v) is 7.73. The summed E-state index contributed by atoms with van der Waals surface area (Å²) in [6.45, 7) is 1.15. The molecule has 2 aromatic rings. The predicted octanol–water partition coefficient (Wildman–Crippen LogP) is 4.26. The molecule has 1 N–H and O–H groups in total. The van der Waals surface area contributed by atoms with Crippen LogP contribution in [0.3, 0.4) is 0 Å². The third-order valence-electron chi connectivity index (χ3n) is 4.48. The van der Waals surface area contributed by atoms with E-state index in [1.807, 2.05) is 35.2 Å². The van der Waals surface area contributed by atoms with E-state index < -0.39 is 23.8 Å². The van der Waals surface area contributed by atoms with Gasteiger partial charge >= 0.3 is 6.18 Å². The van der Waals surface area contributed by atoms with Gasteiger partial charge in [0.1, 0.15) is 0 Å². The van der Waals surface area contributed by atoms with Crippen LogP contribution in [0.5, 0.6) is 0 Å². The molecular weight excluding hydrogens is 341 g/mol. The first-order chi connectivity index (χ1) is 11.7. The average Bonchev–Trinajstić information content (AvgIpc) is 2.96. The Morgan fingerprint density at radius 1 is 1.04 bits per heavy atom. The number of hydrogen-bond donors (Lipinski definition) is 1. The van der Waals surface area contributed by atoms with Crippen molar-refractivity contribution in [3.63, 3.8) is 0 Å². The van der Waals surface area contributed by atoms with Crippen molar-refractivity contribution in [2.45, 2.75) is 31.2 Å². The highest BCUT2D eigenvalue weighted by molar-refractivity contribution is 5.60. The van der Waals surface area contributed by atoms with E-state index in [2.05, 4.69) is 0 Å². The molecule has 1 aliphatic heterocycles. The molecule has 0 bridgehead atoms. The Balaban J connectivity index is 1.91. The molecule has 0 amide bonds. The number of rotatable bonds is 4. The van der Waals surface area contributed by atoms with Gasteiger partial charge in [-0.1, -0.05) is 42.5 Å². The lowest BCUT2D eigenvalue weighted by Gasteiger charge is -2.30. The monoisotopic (exact) mass is 357 g/mol. The maximum Gasteiger partial charge on any atom is 0.427 e. The first-order valence-electron chi connectivity index (χ1n) is 7.73. The van der Waals surface area contributed by atoms with E-state index in [-0.39, 0.29) is 0 Å². The molecule has 0 aliphatic carbocycles. The van der Waals surface area contributed by atoms with Crippen molar-refractivity contribution in [1.29, 1.82) is 0 Å². The molecule has 0 aromatic heterocycles. The largest absolute Gasteiger partial charge is 0.427 e. The second kappa shape index (κ2) is 6.29. The topological polar surface area (TPSA) is 23.5 Å². The lowest BCUT2D eigenvalue weighted by Crippen LogP contribution is -2.48. The fourth-order valence-corrected chi connectivity index (χ4v) is 3.09. The van der Waals surface area contributed by atoms with Gasteiger partial charge in [-0.05, 0) is 29.2 Å². The summed E-state index contributed by atoms with van der Waals surface area (Å²) in [7, 11) is 0. The van der Waals surface area contributed by atoms with Crippen LogP contribution in [0, 0.1) is 0 Å². The summed E-state index contributed by atoms with van der Waals surface area (Å²) in [4.78, 5) is 1.98. The van der Waals surface area contributed by atoms with Crippen LogP contribution < -0.4 is 4.90 Å². The molecule has 25 heavy (non-hydrogen) atoms. The van der Waals surface area contributed by atoms with Crippen LogP contribution in [0.1, 0.15) is 16.7 Å². The summed E-state index contributed by atoms with van der Waals surface area (Å²) < 4.78 is 65.1. The average molecular weight is 357 g/mol. The van der Waals surface area contributed by atoms with E-state index >= 15 is 0 Å². The molecule has 3 rings (SSSR count). The van der Waals surface area contributed by atoms with Crippen LogP contribution in [-0.4, -0.2) is 24.3 Å². The number of benzene rings is 2. The van der Waals surface area contributed by atoms with E-state index in [4.69, 9.17) is 0 Å². The number of nitrogens with zero attached hydrogens (tertiary/aromatic N) is 1. The SMILES string of the molecule is OC(c1ccc2c(c1)CCN2Cc1ccccc1)(C(F)F)C(F)(F)F. The maximum absolute atomic E-state index is 13.0. The summed E-state index contributed by atoms with van der Waals surface area (Å²) in [5.74, 6) is 0. The van der Waals surface area contributed by atoms with Gasteiger partial charge in [-0.3, -0.25) is 0 Å². The third kappa shape index (κ3) is 3.08. The fourth-order valence-electron chi connectivity index (χ4n) is 3.09. The molecular formula is C18H16F5NO. The van der Waals surface area contributed by atoms with Gasteiger partial charge in [-0.2, -0.15) is 13.2 Å². The maximum atomic E-state index is 13.0. The van der Waals surface area contributed by atoms with Crippen molar-refractivity contribution in [3.05, 3.63) is 65.2 Å². The number of anilines is 1. The van der Waals surface area contributed by atoms with Crippen LogP contribution in [0.15, 0.2) is 48.5 Å². The van der Waals surface area contributed by atoms with E-state index in [0.29, 0.717) is 30.8 Å². The number of hydrogen-bond acceptors (Lipinski definition) is 2. The molecule has 1 unspecified atom stereocenters. The lowest BCUT2D eigenvalue weighted by atomic mass is 9.91.